The number of carbonyl (C=O) groups is 2. The molecule has 20 heavy (non-hydrogen) atoms. The van der Waals surface area contributed by atoms with E-state index in [1.165, 1.54) is 0 Å². The molecule has 0 aromatic carbocycles. The molecule has 0 radical (unpaired) electrons. The van der Waals surface area contributed by atoms with Crippen LogP contribution in [-0.2, 0) is 4.79 Å². The number of piperidine rings is 1. The molecular weight excluding hydrogens is 258 g/mol. The summed E-state index contributed by atoms with van der Waals surface area (Å²) in [5, 5.41) is 5.26. The van der Waals surface area contributed by atoms with Crippen LogP contribution in [0.2, 0.25) is 0 Å². The van der Waals surface area contributed by atoms with Gasteiger partial charge in [0.15, 0.2) is 0 Å². The number of nitrogens with zero attached hydrogens (tertiary/aromatic N) is 2. The highest BCUT2D eigenvalue weighted by Gasteiger charge is 2.21. The number of rotatable bonds is 4. The lowest BCUT2D eigenvalue weighted by Gasteiger charge is -2.33. The van der Waals surface area contributed by atoms with Crippen LogP contribution >= 0.6 is 0 Å². The smallest absolute Gasteiger partial charge is 0.315 e. The summed E-state index contributed by atoms with van der Waals surface area (Å²) in [6, 6.07) is 5.60. The third-order valence-electron chi connectivity index (χ3n) is 3.23. The molecule has 0 saturated carbocycles. The Hall–Kier alpha value is -2.31. The van der Waals surface area contributed by atoms with Crippen LogP contribution in [0.15, 0.2) is 24.4 Å². The van der Waals surface area contributed by atoms with Gasteiger partial charge < -0.3 is 21.3 Å². The number of aromatic nitrogens is 1. The van der Waals surface area contributed by atoms with Gasteiger partial charge in [-0.15, -0.1) is 0 Å². The van der Waals surface area contributed by atoms with E-state index in [2.05, 4.69) is 20.5 Å². The molecule has 1 aliphatic rings. The molecular formula is C13H19N5O2. The zero-order valence-electron chi connectivity index (χ0n) is 11.2. The van der Waals surface area contributed by atoms with E-state index < -0.39 is 5.91 Å². The molecule has 0 bridgehead atoms. The second-order valence-electron chi connectivity index (χ2n) is 4.74. The zero-order valence-corrected chi connectivity index (χ0v) is 11.2. The summed E-state index contributed by atoms with van der Waals surface area (Å²) in [6.07, 6.45) is 3.47. The Kier molecular flexibility index (Phi) is 4.75. The van der Waals surface area contributed by atoms with Crippen molar-refractivity contribution in [1.29, 1.82) is 0 Å². The topological polar surface area (TPSA) is 100 Å². The van der Waals surface area contributed by atoms with Crippen molar-refractivity contribution in [1.82, 2.24) is 15.6 Å². The van der Waals surface area contributed by atoms with Crippen LogP contribution in [-0.4, -0.2) is 42.6 Å². The SMILES string of the molecule is NC(=O)CNC(=O)NC1CCN(c2ccccn2)CC1. The summed E-state index contributed by atoms with van der Waals surface area (Å²) in [4.78, 5) is 28.6. The molecule has 1 aromatic rings. The standard InChI is InChI=1S/C13H19N5O2/c14-11(19)9-16-13(20)17-10-4-7-18(8-5-10)12-3-1-2-6-15-12/h1-3,6,10H,4-5,7-9H2,(H2,14,19)(H2,16,17,20). The fraction of sp³-hybridized carbons (Fsp3) is 0.462. The zero-order chi connectivity index (χ0) is 14.4. The minimum absolute atomic E-state index is 0.114. The molecule has 2 rings (SSSR count). The van der Waals surface area contributed by atoms with E-state index in [1.807, 2.05) is 18.2 Å². The van der Waals surface area contributed by atoms with Crippen LogP contribution in [0.1, 0.15) is 12.8 Å². The van der Waals surface area contributed by atoms with Crippen LogP contribution in [0.4, 0.5) is 10.6 Å². The summed E-state index contributed by atoms with van der Waals surface area (Å²) >= 11 is 0. The summed E-state index contributed by atoms with van der Waals surface area (Å²) in [6.45, 7) is 1.55. The molecule has 0 unspecified atom stereocenters. The van der Waals surface area contributed by atoms with Gasteiger partial charge in [-0.25, -0.2) is 9.78 Å². The Morgan fingerprint density at radius 3 is 2.70 bits per heavy atom. The quantitative estimate of drug-likeness (QED) is 0.711. The van der Waals surface area contributed by atoms with Crippen molar-refractivity contribution in [2.75, 3.05) is 24.5 Å². The normalized spacial score (nSPS) is 15.7. The summed E-state index contributed by atoms with van der Waals surface area (Å²) < 4.78 is 0. The number of carbonyl (C=O) groups excluding carboxylic acids is 2. The van der Waals surface area contributed by atoms with Gasteiger partial charge in [0, 0.05) is 25.3 Å². The molecule has 2 heterocycles. The van der Waals surface area contributed by atoms with Crippen LogP contribution in [0.5, 0.6) is 0 Å². The average Bonchev–Trinajstić information content (AvgIpc) is 2.47. The Balaban J connectivity index is 1.74. The number of hydrogen-bond acceptors (Lipinski definition) is 4. The number of nitrogens with one attached hydrogen (secondary N) is 2. The van der Waals surface area contributed by atoms with Gasteiger partial charge in [0.2, 0.25) is 5.91 Å². The molecule has 3 amide bonds. The van der Waals surface area contributed by atoms with Gasteiger partial charge >= 0.3 is 6.03 Å². The average molecular weight is 277 g/mol. The third-order valence-corrected chi connectivity index (χ3v) is 3.23. The fourth-order valence-corrected chi connectivity index (χ4v) is 2.20. The lowest BCUT2D eigenvalue weighted by molar-refractivity contribution is -0.117. The van der Waals surface area contributed by atoms with Crippen molar-refractivity contribution in [2.45, 2.75) is 18.9 Å². The molecule has 4 N–H and O–H groups in total. The predicted octanol–water partition coefficient (Wildman–Crippen LogP) is -0.165. The Morgan fingerprint density at radius 2 is 2.10 bits per heavy atom. The molecule has 7 nitrogen and oxygen atoms in total. The van der Waals surface area contributed by atoms with Crippen molar-refractivity contribution < 1.29 is 9.59 Å². The largest absolute Gasteiger partial charge is 0.368 e. The van der Waals surface area contributed by atoms with E-state index >= 15 is 0 Å². The first-order valence-electron chi connectivity index (χ1n) is 6.64. The van der Waals surface area contributed by atoms with E-state index in [-0.39, 0.29) is 18.6 Å². The Labute approximate surface area is 117 Å². The van der Waals surface area contributed by atoms with Gasteiger partial charge in [-0.05, 0) is 25.0 Å². The maximum absolute atomic E-state index is 11.5. The number of nitrogens with two attached hydrogens (primary N) is 1. The Morgan fingerprint density at radius 1 is 1.35 bits per heavy atom. The highest BCUT2D eigenvalue weighted by Crippen LogP contribution is 2.16. The first kappa shape index (κ1) is 14.1. The minimum Gasteiger partial charge on any atom is -0.368 e. The van der Waals surface area contributed by atoms with Crippen LogP contribution in [0, 0.1) is 0 Å². The fourth-order valence-electron chi connectivity index (χ4n) is 2.20. The molecule has 0 aliphatic carbocycles. The lowest BCUT2D eigenvalue weighted by atomic mass is 10.1. The van der Waals surface area contributed by atoms with E-state index in [4.69, 9.17) is 5.73 Å². The van der Waals surface area contributed by atoms with Crippen molar-refractivity contribution in [3.05, 3.63) is 24.4 Å². The van der Waals surface area contributed by atoms with Crippen molar-refractivity contribution in [2.24, 2.45) is 5.73 Å². The predicted molar refractivity (Wildman–Crippen MR) is 75.2 cm³/mol. The van der Waals surface area contributed by atoms with E-state index in [0.717, 1.165) is 31.7 Å². The number of anilines is 1. The molecule has 0 atom stereocenters. The van der Waals surface area contributed by atoms with Gasteiger partial charge in [-0.2, -0.15) is 0 Å². The lowest BCUT2D eigenvalue weighted by Crippen LogP contribution is -2.49. The molecule has 1 saturated heterocycles. The molecule has 1 aliphatic heterocycles. The highest BCUT2D eigenvalue weighted by molar-refractivity contribution is 5.82. The van der Waals surface area contributed by atoms with E-state index in [0.29, 0.717) is 0 Å². The van der Waals surface area contributed by atoms with Crippen molar-refractivity contribution >= 4 is 17.8 Å². The molecule has 0 spiro atoms. The van der Waals surface area contributed by atoms with Crippen LogP contribution in [0.25, 0.3) is 0 Å². The second kappa shape index (κ2) is 6.74. The third kappa shape index (κ3) is 4.11. The number of urea groups is 1. The highest BCUT2D eigenvalue weighted by atomic mass is 16.2. The number of amides is 3. The summed E-state index contributed by atoms with van der Waals surface area (Å²) in [7, 11) is 0. The maximum atomic E-state index is 11.5. The van der Waals surface area contributed by atoms with Gasteiger partial charge in [-0.1, -0.05) is 6.07 Å². The van der Waals surface area contributed by atoms with Crippen molar-refractivity contribution in [3.63, 3.8) is 0 Å². The molecule has 1 fully saturated rings. The molecule has 108 valence electrons. The second-order valence-corrected chi connectivity index (χ2v) is 4.74. The monoisotopic (exact) mass is 277 g/mol. The van der Waals surface area contributed by atoms with Crippen LogP contribution in [0.3, 0.4) is 0 Å². The van der Waals surface area contributed by atoms with E-state index in [9.17, 15) is 9.59 Å². The van der Waals surface area contributed by atoms with Gasteiger partial charge in [0.1, 0.15) is 5.82 Å². The minimum atomic E-state index is -0.551. The van der Waals surface area contributed by atoms with Gasteiger partial charge in [0.25, 0.3) is 0 Å². The summed E-state index contributed by atoms with van der Waals surface area (Å²) in [5.41, 5.74) is 4.96. The maximum Gasteiger partial charge on any atom is 0.315 e. The number of pyridine rings is 1. The first-order valence-corrected chi connectivity index (χ1v) is 6.64. The number of hydrogen-bond donors (Lipinski definition) is 3. The van der Waals surface area contributed by atoms with E-state index in [1.54, 1.807) is 6.20 Å². The van der Waals surface area contributed by atoms with Gasteiger partial charge in [0.05, 0.1) is 6.54 Å². The van der Waals surface area contributed by atoms with Crippen LogP contribution < -0.4 is 21.3 Å². The molecule has 1 aromatic heterocycles. The molecule has 7 heteroatoms. The Bertz CT molecular complexity index is 457. The van der Waals surface area contributed by atoms with Crippen molar-refractivity contribution in [3.8, 4) is 0 Å². The number of primary amides is 1. The summed E-state index contributed by atoms with van der Waals surface area (Å²) in [5.74, 6) is 0.411. The first-order chi connectivity index (χ1) is 9.65. The van der Waals surface area contributed by atoms with Gasteiger partial charge in [-0.3, -0.25) is 4.79 Å².